The summed E-state index contributed by atoms with van der Waals surface area (Å²) < 4.78 is 6.12. The van der Waals surface area contributed by atoms with Crippen LogP contribution in [-0.4, -0.2) is 13.2 Å². The van der Waals surface area contributed by atoms with E-state index in [0.29, 0.717) is 38.9 Å². The van der Waals surface area contributed by atoms with E-state index in [0.717, 1.165) is 36.9 Å². The first-order valence-corrected chi connectivity index (χ1v) is 17.2. The Bertz CT molecular complexity index is 864. The fourth-order valence-corrected chi connectivity index (χ4v) is 9.78. The van der Waals surface area contributed by atoms with E-state index in [2.05, 4.69) is 110 Å². The maximum atomic E-state index is 6.12. The van der Waals surface area contributed by atoms with Gasteiger partial charge in [0.05, 0.1) is 6.61 Å². The molecule has 1 nitrogen and oxygen atoms in total. The molecule has 6 atom stereocenters. The first-order valence-electron chi connectivity index (χ1n) is 17.2. The van der Waals surface area contributed by atoms with Crippen LogP contribution in [0.25, 0.3) is 0 Å². The van der Waals surface area contributed by atoms with E-state index in [9.17, 15) is 0 Å². The molecule has 3 rings (SSSR count). The molecule has 2 aliphatic carbocycles. The molecule has 1 saturated heterocycles. The zero-order chi connectivity index (χ0) is 30.5. The lowest BCUT2D eigenvalue weighted by molar-refractivity contribution is -0.0708. The molecular formula is C39H72O. The Labute approximate surface area is 252 Å². The van der Waals surface area contributed by atoms with Crippen LogP contribution >= 0.6 is 0 Å². The summed E-state index contributed by atoms with van der Waals surface area (Å²) in [5, 5.41) is 0. The van der Waals surface area contributed by atoms with Gasteiger partial charge in [0.2, 0.25) is 0 Å². The van der Waals surface area contributed by atoms with Crippen LogP contribution in [0.2, 0.25) is 0 Å². The molecule has 1 heterocycles. The van der Waals surface area contributed by atoms with E-state index in [1.165, 1.54) is 51.4 Å². The van der Waals surface area contributed by atoms with Crippen LogP contribution in [0.5, 0.6) is 0 Å². The molecule has 0 aromatic rings. The minimum Gasteiger partial charge on any atom is -0.381 e. The fourth-order valence-electron chi connectivity index (χ4n) is 9.78. The Morgan fingerprint density at radius 1 is 0.575 bits per heavy atom. The van der Waals surface area contributed by atoms with Crippen molar-refractivity contribution in [2.45, 2.75) is 155 Å². The van der Waals surface area contributed by atoms with Gasteiger partial charge in [-0.3, -0.25) is 0 Å². The van der Waals surface area contributed by atoms with Gasteiger partial charge in [-0.1, -0.05) is 122 Å². The number of rotatable bonds is 8. The van der Waals surface area contributed by atoms with Crippen molar-refractivity contribution in [2.24, 2.45) is 68.0 Å². The molecule has 40 heavy (non-hydrogen) atoms. The summed E-state index contributed by atoms with van der Waals surface area (Å²) in [4.78, 5) is 0. The second-order valence-corrected chi connectivity index (χ2v) is 20.1. The van der Waals surface area contributed by atoms with Crippen molar-refractivity contribution in [1.82, 2.24) is 0 Å². The molecule has 1 heteroatoms. The summed E-state index contributed by atoms with van der Waals surface area (Å²) in [6.45, 7) is 39.7. The van der Waals surface area contributed by atoms with Crippen LogP contribution in [0.4, 0.5) is 0 Å². The summed E-state index contributed by atoms with van der Waals surface area (Å²) in [6.07, 6.45) is 13.5. The summed E-state index contributed by atoms with van der Waals surface area (Å²) in [7, 11) is 0. The highest BCUT2D eigenvalue weighted by atomic mass is 16.5. The quantitative estimate of drug-likeness (QED) is 0.270. The number of hydrogen-bond acceptors (Lipinski definition) is 1. The molecule has 3 aliphatic rings. The lowest BCUT2D eigenvalue weighted by atomic mass is 9.59. The van der Waals surface area contributed by atoms with E-state index in [1.54, 1.807) is 5.57 Å². The highest BCUT2D eigenvalue weighted by Crippen LogP contribution is 2.57. The molecule has 0 aromatic heterocycles. The molecular weight excluding hydrogens is 484 g/mol. The van der Waals surface area contributed by atoms with Crippen LogP contribution in [0.15, 0.2) is 11.6 Å². The summed E-state index contributed by atoms with van der Waals surface area (Å²) in [6, 6.07) is 0. The molecule has 0 N–H and O–H groups in total. The van der Waals surface area contributed by atoms with Gasteiger partial charge in [0, 0.05) is 6.61 Å². The Morgan fingerprint density at radius 3 is 1.62 bits per heavy atom. The topological polar surface area (TPSA) is 9.23 Å². The van der Waals surface area contributed by atoms with Crippen molar-refractivity contribution in [2.75, 3.05) is 13.2 Å². The van der Waals surface area contributed by atoms with E-state index in [4.69, 9.17) is 4.74 Å². The molecule has 0 aromatic carbocycles. The Balaban J connectivity index is 1.80. The lowest BCUT2D eigenvalue weighted by Crippen LogP contribution is -2.44. The highest BCUT2D eigenvalue weighted by molar-refractivity contribution is 5.20. The SMILES string of the molecule is CC(C)(C)C1CC(CC(C)(C)C2COCCC2C(C)(C)C)=CC1C(C)(C)CCC(C)(C)C1CCCC1C(C)(C)C. The predicted molar refractivity (Wildman–Crippen MR) is 176 cm³/mol. The molecule has 2 fully saturated rings. The molecule has 1 aliphatic heterocycles. The molecule has 0 bridgehead atoms. The van der Waals surface area contributed by atoms with Gasteiger partial charge in [0.15, 0.2) is 0 Å². The van der Waals surface area contributed by atoms with Gasteiger partial charge in [-0.05, 0) is 113 Å². The third kappa shape index (κ3) is 7.80. The van der Waals surface area contributed by atoms with Gasteiger partial charge in [-0.25, -0.2) is 0 Å². The maximum absolute atomic E-state index is 6.12. The molecule has 234 valence electrons. The van der Waals surface area contributed by atoms with Crippen LogP contribution in [0.3, 0.4) is 0 Å². The van der Waals surface area contributed by atoms with Crippen molar-refractivity contribution in [3.8, 4) is 0 Å². The minimum absolute atomic E-state index is 0.262. The molecule has 1 saturated carbocycles. The molecule has 0 spiro atoms. The van der Waals surface area contributed by atoms with Crippen molar-refractivity contribution in [3.05, 3.63) is 11.6 Å². The Kier molecular flexibility index (Phi) is 9.96. The van der Waals surface area contributed by atoms with Gasteiger partial charge in [-0.2, -0.15) is 0 Å². The second-order valence-electron chi connectivity index (χ2n) is 20.1. The normalized spacial score (nSPS) is 31.5. The van der Waals surface area contributed by atoms with E-state index < -0.39 is 0 Å². The van der Waals surface area contributed by atoms with Gasteiger partial charge in [0.25, 0.3) is 0 Å². The first kappa shape index (κ1) is 34.2. The highest BCUT2D eigenvalue weighted by Gasteiger charge is 2.48. The molecule has 0 radical (unpaired) electrons. The van der Waals surface area contributed by atoms with Crippen molar-refractivity contribution in [3.63, 3.8) is 0 Å². The third-order valence-corrected chi connectivity index (χ3v) is 12.5. The smallest absolute Gasteiger partial charge is 0.0502 e. The summed E-state index contributed by atoms with van der Waals surface area (Å²) in [5.41, 5.74) is 3.83. The summed E-state index contributed by atoms with van der Waals surface area (Å²) in [5.74, 6) is 4.49. The number of ether oxygens (including phenoxy) is 1. The largest absolute Gasteiger partial charge is 0.381 e. The average Bonchev–Trinajstić information content (AvgIpc) is 3.45. The predicted octanol–water partition coefficient (Wildman–Crippen LogP) is 12.0. The first-order chi connectivity index (χ1) is 18.0. The van der Waals surface area contributed by atoms with Crippen LogP contribution in [0.1, 0.15) is 155 Å². The fraction of sp³-hybridized carbons (Fsp3) is 0.949. The Morgan fingerprint density at radius 2 is 1.07 bits per heavy atom. The second kappa shape index (κ2) is 11.7. The van der Waals surface area contributed by atoms with Gasteiger partial charge < -0.3 is 4.74 Å². The molecule has 6 unspecified atom stereocenters. The third-order valence-electron chi connectivity index (χ3n) is 12.5. The average molecular weight is 557 g/mol. The van der Waals surface area contributed by atoms with E-state index in [1.807, 2.05) is 0 Å². The van der Waals surface area contributed by atoms with Crippen LogP contribution in [-0.2, 0) is 4.74 Å². The standard InChI is InChI=1S/C39H72O/c1-34(2,3)28-17-16-18-30(28)37(10,11)20-21-38(12,13)32-24-27(23-31(32)36(7,8)9)25-39(14,15)33-26-40-22-19-29(33)35(4,5)6/h24,28-33H,16-23,25-26H2,1-15H3. The zero-order valence-electron chi connectivity index (χ0n) is 30.0. The number of allylic oxidation sites excluding steroid dienone is 2. The van der Waals surface area contributed by atoms with Gasteiger partial charge >= 0.3 is 0 Å². The Hall–Kier alpha value is -0.300. The minimum atomic E-state index is 0.262. The van der Waals surface area contributed by atoms with Crippen LogP contribution < -0.4 is 0 Å². The monoisotopic (exact) mass is 557 g/mol. The lowest BCUT2D eigenvalue weighted by Gasteiger charge is -2.48. The maximum Gasteiger partial charge on any atom is 0.0502 e. The zero-order valence-corrected chi connectivity index (χ0v) is 30.0. The van der Waals surface area contributed by atoms with Crippen molar-refractivity contribution >= 4 is 0 Å². The van der Waals surface area contributed by atoms with Gasteiger partial charge in [-0.15, -0.1) is 0 Å². The van der Waals surface area contributed by atoms with E-state index >= 15 is 0 Å². The number of hydrogen-bond donors (Lipinski definition) is 0. The summed E-state index contributed by atoms with van der Waals surface area (Å²) >= 11 is 0. The van der Waals surface area contributed by atoms with Crippen LogP contribution in [0, 0.1) is 68.0 Å². The van der Waals surface area contributed by atoms with E-state index in [-0.39, 0.29) is 5.41 Å². The van der Waals surface area contributed by atoms with Crippen molar-refractivity contribution in [1.29, 1.82) is 0 Å². The van der Waals surface area contributed by atoms with Gasteiger partial charge in [0.1, 0.15) is 0 Å². The van der Waals surface area contributed by atoms with Crippen molar-refractivity contribution < 1.29 is 4.74 Å². The molecule has 0 amide bonds.